The van der Waals surface area contributed by atoms with Crippen LogP contribution < -0.4 is 0 Å². The molecule has 1 aliphatic carbocycles. The van der Waals surface area contributed by atoms with Crippen molar-refractivity contribution in [3.05, 3.63) is 90.3 Å². The zero-order valence-electron chi connectivity index (χ0n) is 17.7. The first-order valence-corrected chi connectivity index (χ1v) is 12.3. The van der Waals surface area contributed by atoms with Crippen molar-refractivity contribution in [1.82, 2.24) is 14.1 Å². The topological polar surface area (TPSA) is 72.3 Å². The number of carbonyl (C=O) groups is 1. The second kappa shape index (κ2) is 8.15. The lowest BCUT2D eigenvalue weighted by atomic mass is 9.65. The average molecular weight is 448 g/mol. The van der Waals surface area contributed by atoms with E-state index in [0.29, 0.717) is 32.4 Å². The molecule has 1 aliphatic heterocycles. The van der Waals surface area contributed by atoms with E-state index in [9.17, 15) is 13.2 Å². The number of carbonyl (C=O) groups excluding carboxylic acids is 1. The Bertz CT molecular complexity index is 1250. The van der Waals surface area contributed by atoms with Crippen LogP contribution in [0.15, 0.2) is 89.6 Å². The van der Waals surface area contributed by atoms with Crippen molar-refractivity contribution in [3.8, 4) is 5.69 Å². The fraction of sp³-hybridized carbons (Fsp3) is 0.280. The van der Waals surface area contributed by atoms with Crippen molar-refractivity contribution in [1.29, 1.82) is 0 Å². The quantitative estimate of drug-likeness (QED) is 0.558. The van der Waals surface area contributed by atoms with Gasteiger partial charge >= 0.3 is 0 Å². The van der Waals surface area contributed by atoms with Gasteiger partial charge in [0.15, 0.2) is 0 Å². The van der Waals surface area contributed by atoms with Crippen molar-refractivity contribution in [2.75, 3.05) is 13.1 Å². The van der Waals surface area contributed by atoms with Crippen LogP contribution in [0.2, 0.25) is 0 Å². The van der Waals surface area contributed by atoms with Gasteiger partial charge in [-0.3, -0.25) is 4.79 Å². The molecule has 0 bridgehead atoms. The maximum Gasteiger partial charge on any atom is 0.243 e. The highest BCUT2D eigenvalue weighted by Gasteiger charge is 2.45. The summed E-state index contributed by atoms with van der Waals surface area (Å²) in [6, 6.07) is 18.8. The van der Waals surface area contributed by atoms with Crippen molar-refractivity contribution >= 4 is 15.8 Å². The molecule has 1 atom stereocenters. The number of hydrogen-bond donors (Lipinski definition) is 0. The largest absolute Gasteiger partial charge is 0.299 e. The Morgan fingerprint density at radius 3 is 2.50 bits per heavy atom. The van der Waals surface area contributed by atoms with Gasteiger partial charge in [0.1, 0.15) is 5.78 Å². The fourth-order valence-corrected chi connectivity index (χ4v) is 6.35. The molecule has 1 aromatic heterocycles. The summed E-state index contributed by atoms with van der Waals surface area (Å²) in [6.07, 6.45) is 7.81. The highest BCUT2D eigenvalue weighted by atomic mass is 32.2. The predicted octanol–water partition coefficient (Wildman–Crippen LogP) is 3.79. The van der Waals surface area contributed by atoms with Crippen LogP contribution in [0.1, 0.15) is 24.8 Å². The molecule has 6 nitrogen and oxygen atoms in total. The lowest BCUT2D eigenvalue weighted by Crippen LogP contribution is -2.49. The molecule has 2 aliphatic rings. The van der Waals surface area contributed by atoms with E-state index in [2.05, 4.69) is 17.2 Å². The van der Waals surface area contributed by atoms with Crippen molar-refractivity contribution in [2.45, 2.75) is 30.6 Å². The summed E-state index contributed by atoms with van der Waals surface area (Å²) in [6.45, 7) is 0.687. The number of benzene rings is 2. The van der Waals surface area contributed by atoms with E-state index in [1.807, 2.05) is 36.5 Å². The molecule has 2 aromatic carbocycles. The molecule has 0 N–H and O–H groups in total. The van der Waals surface area contributed by atoms with Gasteiger partial charge in [-0.15, -0.1) is 0 Å². The Morgan fingerprint density at radius 2 is 1.78 bits per heavy atom. The lowest BCUT2D eigenvalue weighted by Gasteiger charge is -2.45. The summed E-state index contributed by atoms with van der Waals surface area (Å²) in [7, 11) is -3.67. The molecule has 0 spiro atoms. The Balaban J connectivity index is 1.45. The highest BCUT2D eigenvalue weighted by Crippen LogP contribution is 2.46. The second-order valence-corrected chi connectivity index (χ2v) is 10.6. The molecule has 164 valence electrons. The van der Waals surface area contributed by atoms with Gasteiger partial charge in [-0.25, -0.2) is 13.1 Å². The molecule has 2 heterocycles. The first kappa shape index (κ1) is 20.8. The van der Waals surface area contributed by atoms with E-state index in [0.717, 1.165) is 23.2 Å². The van der Waals surface area contributed by atoms with E-state index < -0.39 is 10.0 Å². The van der Waals surface area contributed by atoms with Crippen LogP contribution in [0.25, 0.3) is 5.69 Å². The van der Waals surface area contributed by atoms with Gasteiger partial charge in [-0.1, -0.05) is 42.0 Å². The Kier molecular flexibility index (Phi) is 5.31. The van der Waals surface area contributed by atoms with Crippen molar-refractivity contribution in [2.24, 2.45) is 5.41 Å². The van der Waals surface area contributed by atoms with Gasteiger partial charge in [-0.2, -0.15) is 9.40 Å². The first-order chi connectivity index (χ1) is 15.5. The van der Waals surface area contributed by atoms with Gasteiger partial charge in [0.2, 0.25) is 10.0 Å². The fourth-order valence-electron chi connectivity index (χ4n) is 4.88. The Morgan fingerprint density at radius 1 is 1.00 bits per heavy atom. The first-order valence-electron chi connectivity index (χ1n) is 10.8. The van der Waals surface area contributed by atoms with Gasteiger partial charge in [0.05, 0.1) is 10.6 Å². The minimum Gasteiger partial charge on any atom is -0.299 e. The predicted molar refractivity (Wildman–Crippen MR) is 122 cm³/mol. The Labute approximate surface area is 188 Å². The molecule has 7 heteroatoms. The minimum atomic E-state index is -3.67. The number of hydrogen-bond acceptors (Lipinski definition) is 4. The van der Waals surface area contributed by atoms with Gasteiger partial charge in [-0.05, 0) is 48.7 Å². The van der Waals surface area contributed by atoms with Gasteiger partial charge < -0.3 is 0 Å². The molecule has 5 rings (SSSR count). The maximum atomic E-state index is 13.5. The van der Waals surface area contributed by atoms with Crippen LogP contribution in [-0.4, -0.2) is 41.4 Å². The van der Waals surface area contributed by atoms with E-state index in [-0.39, 0.29) is 16.1 Å². The number of rotatable bonds is 5. The smallest absolute Gasteiger partial charge is 0.243 e. The maximum absolute atomic E-state index is 13.5. The number of sulfonamides is 1. The monoisotopic (exact) mass is 447 g/mol. The Hall–Kier alpha value is -3.03. The SMILES string of the molecule is O=C1CCC2(Cc3ccccc3)CN(S(=O)(=O)c3ccc(-n4cccn4)cc3)CC=C2C1. The molecular formula is C25H25N3O3S. The van der Waals surface area contributed by atoms with Crippen LogP contribution in [0.3, 0.4) is 0 Å². The van der Waals surface area contributed by atoms with E-state index in [1.54, 1.807) is 39.4 Å². The van der Waals surface area contributed by atoms with E-state index in [4.69, 9.17) is 0 Å². The molecule has 0 saturated heterocycles. The summed E-state index contributed by atoms with van der Waals surface area (Å²) in [5, 5.41) is 4.19. The molecular weight excluding hydrogens is 422 g/mol. The van der Waals surface area contributed by atoms with Crippen molar-refractivity contribution < 1.29 is 13.2 Å². The molecule has 3 aromatic rings. The van der Waals surface area contributed by atoms with Gasteiger partial charge in [0.25, 0.3) is 0 Å². The third kappa shape index (κ3) is 3.82. The van der Waals surface area contributed by atoms with Crippen LogP contribution in [0.4, 0.5) is 0 Å². The summed E-state index contributed by atoms with van der Waals surface area (Å²) < 4.78 is 30.3. The van der Waals surface area contributed by atoms with E-state index in [1.165, 1.54) is 0 Å². The third-order valence-electron chi connectivity index (χ3n) is 6.60. The average Bonchev–Trinajstić information content (AvgIpc) is 3.35. The molecule has 32 heavy (non-hydrogen) atoms. The third-order valence-corrected chi connectivity index (χ3v) is 8.43. The lowest BCUT2D eigenvalue weighted by molar-refractivity contribution is -0.120. The summed E-state index contributed by atoms with van der Waals surface area (Å²) in [5.74, 6) is 0.241. The number of fused-ring (bicyclic) bond motifs is 1. The van der Waals surface area contributed by atoms with Crippen LogP contribution in [0.5, 0.6) is 0 Å². The summed E-state index contributed by atoms with van der Waals surface area (Å²) >= 11 is 0. The van der Waals surface area contributed by atoms with Crippen molar-refractivity contribution in [3.63, 3.8) is 0 Å². The minimum absolute atomic E-state index is 0.241. The number of nitrogens with zero attached hydrogens (tertiary/aromatic N) is 3. The van der Waals surface area contributed by atoms with Crippen LogP contribution in [0, 0.1) is 5.41 Å². The van der Waals surface area contributed by atoms with E-state index >= 15 is 0 Å². The molecule has 1 unspecified atom stereocenters. The number of aromatic nitrogens is 2. The summed E-state index contributed by atoms with van der Waals surface area (Å²) in [5.41, 5.74) is 2.73. The van der Waals surface area contributed by atoms with Crippen LogP contribution in [-0.2, 0) is 21.2 Å². The highest BCUT2D eigenvalue weighted by molar-refractivity contribution is 7.89. The van der Waals surface area contributed by atoms with Gasteiger partial charge in [0, 0.05) is 43.7 Å². The summed E-state index contributed by atoms with van der Waals surface area (Å²) in [4.78, 5) is 12.4. The normalized spacial score (nSPS) is 21.8. The molecule has 0 amide bonds. The zero-order chi connectivity index (χ0) is 22.2. The number of ketones is 1. The number of Topliss-reactive ketones (excluding diaryl/α,β-unsaturated/α-hetero) is 1. The standard InChI is InChI=1S/C25H25N3O3S/c29-23-11-13-25(18-20-5-2-1-3-6-20)19-27(16-12-21(25)17-23)32(30,31)24-9-7-22(8-10-24)28-15-4-14-26-28/h1-10,12,14-15H,11,13,16-19H2. The molecule has 1 saturated carbocycles. The van der Waals surface area contributed by atoms with Crippen LogP contribution >= 0.6 is 0 Å². The zero-order valence-corrected chi connectivity index (χ0v) is 18.5. The molecule has 0 radical (unpaired) electrons. The second-order valence-electron chi connectivity index (χ2n) is 8.63. The molecule has 1 fully saturated rings.